The van der Waals surface area contributed by atoms with Gasteiger partial charge in [-0.3, -0.25) is 0 Å². The van der Waals surface area contributed by atoms with Gasteiger partial charge in [0.2, 0.25) is 0 Å². The highest BCUT2D eigenvalue weighted by Gasteiger charge is 2.11. The van der Waals surface area contributed by atoms with Crippen LogP contribution in [0.4, 0.5) is 4.39 Å². The van der Waals surface area contributed by atoms with Crippen molar-refractivity contribution in [2.75, 3.05) is 6.54 Å². The van der Waals surface area contributed by atoms with Crippen molar-refractivity contribution in [1.29, 1.82) is 0 Å². The zero-order chi connectivity index (χ0) is 12.0. The van der Waals surface area contributed by atoms with Gasteiger partial charge in [0, 0.05) is 6.04 Å². The lowest BCUT2D eigenvalue weighted by Gasteiger charge is -2.21. The third-order valence-electron chi connectivity index (χ3n) is 2.90. The SMILES string of the molecule is CCNC(CCc1cccc(F)c1)C(C)C. The van der Waals surface area contributed by atoms with Crippen molar-refractivity contribution in [2.45, 2.75) is 39.7 Å². The van der Waals surface area contributed by atoms with Gasteiger partial charge in [-0.2, -0.15) is 0 Å². The van der Waals surface area contributed by atoms with E-state index in [0.717, 1.165) is 24.9 Å². The summed E-state index contributed by atoms with van der Waals surface area (Å²) in [6.45, 7) is 7.56. The quantitative estimate of drug-likeness (QED) is 0.779. The molecule has 0 fully saturated rings. The molecule has 0 heterocycles. The van der Waals surface area contributed by atoms with Crippen LogP contribution in [0.2, 0.25) is 0 Å². The molecule has 0 aromatic heterocycles. The molecule has 2 heteroatoms. The second-order valence-corrected chi connectivity index (χ2v) is 4.58. The van der Waals surface area contributed by atoms with Crippen molar-refractivity contribution in [3.63, 3.8) is 0 Å². The number of nitrogens with one attached hydrogen (secondary N) is 1. The van der Waals surface area contributed by atoms with Crippen LogP contribution in [-0.4, -0.2) is 12.6 Å². The molecule has 1 N–H and O–H groups in total. The number of aryl methyl sites for hydroxylation is 1. The van der Waals surface area contributed by atoms with Gasteiger partial charge < -0.3 is 5.32 Å². The maximum Gasteiger partial charge on any atom is 0.123 e. The first-order chi connectivity index (χ1) is 7.63. The predicted molar refractivity (Wildman–Crippen MR) is 67.0 cm³/mol. The summed E-state index contributed by atoms with van der Waals surface area (Å²) in [5.41, 5.74) is 1.09. The molecule has 16 heavy (non-hydrogen) atoms. The molecular formula is C14H22FN. The zero-order valence-corrected chi connectivity index (χ0v) is 10.5. The minimum Gasteiger partial charge on any atom is -0.314 e. The van der Waals surface area contributed by atoms with Crippen LogP contribution < -0.4 is 5.32 Å². The smallest absolute Gasteiger partial charge is 0.123 e. The Morgan fingerprint density at radius 2 is 2.06 bits per heavy atom. The minimum absolute atomic E-state index is 0.137. The first-order valence-electron chi connectivity index (χ1n) is 6.11. The highest BCUT2D eigenvalue weighted by Crippen LogP contribution is 2.12. The van der Waals surface area contributed by atoms with E-state index in [9.17, 15) is 4.39 Å². The lowest BCUT2D eigenvalue weighted by molar-refractivity contribution is 0.385. The Labute approximate surface area is 98.1 Å². The van der Waals surface area contributed by atoms with Crippen molar-refractivity contribution in [3.8, 4) is 0 Å². The Hall–Kier alpha value is -0.890. The molecule has 0 amide bonds. The van der Waals surface area contributed by atoms with E-state index in [4.69, 9.17) is 0 Å². The van der Waals surface area contributed by atoms with Crippen LogP contribution in [0.1, 0.15) is 32.8 Å². The van der Waals surface area contributed by atoms with Crippen molar-refractivity contribution < 1.29 is 4.39 Å². The molecule has 1 aromatic rings. The number of rotatable bonds is 6. The van der Waals surface area contributed by atoms with Crippen LogP contribution in [0.15, 0.2) is 24.3 Å². The zero-order valence-electron chi connectivity index (χ0n) is 10.5. The lowest BCUT2D eigenvalue weighted by Crippen LogP contribution is -2.34. The van der Waals surface area contributed by atoms with Crippen molar-refractivity contribution in [2.24, 2.45) is 5.92 Å². The fourth-order valence-corrected chi connectivity index (χ4v) is 1.95. The second kappa shape index (κ2) is 6.64. The van der Waals surface area contributed by atoms with Gasteiger partial charge in [0.15, 0.2) is 0 Å². The molecule has 0 aliphatic heterocycles. The fraction of sp³-hybridized carbons (Fsp3) is 0.571. The van der Waals surface area contributed by atoms with E-state index in [-0.39, 0.29) is 5.82 Å². The first kappa shape index (κ1) is 13.2. The summed E-state index contributed by atoms with van der Waals surface area (Å²) < 4.78 is 13.0. The summed E-state index contributed by atoms with van der Waals surface area (Å²) in [6.07, 6.45) is 2.00. The average Bonchev–Trinajstić information content (AvgIpc) is 2.24. The predicted octanol–water partition coefficient (Wildman–Crippen LogP) is 3.39. The Morgan fingerprint density at radius 1 is 1.31 bits per heavy atom. The summed E-state index contributed by atoms with van der Waals surface area (Å²) in [7, 11) is 0. The first-order valence-corrected chi connectivity index (χ1v) is 6.11. The van der Waals surface area contributed by atoms with Crippen LogP contribution in [-0.2, 0) is 6.42 Å². The standard InChI is InChI=1S/C14H22FN/c1-4-16-14(11(2)3)9-8-12-6-5-7-13(15)10-12/h5-7,10-11,14,16H,4,8-9H2,1-3H3. The van der Waals surface area contributed by atoms with Crippen LogP contribution in [0.5, 0.6) is 0 Å². The molecule has 0 saturated heterocycles. The molecule has 0 aliphatic rings. The number of benzene rings is 1. The molecular weight excluding hydrogens is 201 g/mol. The topological polar surface area (TPSA) is 12.0 Å². The van der Waals surface area contributed by atoms with Gasteiger partial charge in [0.1, 0.15) is 5.82 Å². The third kappa shape index (κ3) is 4.31. The molecule has 1 aromatic carbocycles. The maximum absolute atomic E-state index is 13.0. The molecule has 0 spiro atoms. The van der Waals surface area contributed by atoms with Gasteiger partial charge in [-0.15, -0.1) is 0 Å². The second-order valence-electron chi connectivity index (χ2n) is 4.58. The maximum atomic E-state index is 13.0. The Morgan fingerprint density at radius 3 is 2.62 bits per heavy atom. The monoisotopic (exact) mass is 223 g/mol. The highest BCUT2D eigenvalue weighted by atomic mass is 19.1. The molecule has 0 radical (unpaired) electrons. The highest BCUT2D eigenvalue weighted by molar-refractivity contribution is 5.16. The van der Waals surface area contributed by atoms with Crippen molar-refractivity contribution >= 4 is 0 Å². The van der Waals surface area contributed by atoms with Crippen molar-refractivity contribution in [1.82, 2.24) is 5.32 Å². The largest absolute Gasteiger partial charge is 0.314 e. The van der Waals surface area contributed by atoms with Crippen LogP contribution in [0, 0.1) is 11.7 Å². The van der Waals surface area contributed by atoms with E-state index in [0.29, 0.717) is 12.0 Å². The summed E-state index contributed by atoms with van der Waals surface area (Å²) in [4.78, 5) is 0. The van der Waals surface area contributed by atoms with E-state index < -0.39 is 0 Å². The van der Waals surface area contributed by atoms with E-state index in [1.54, 1.807) is 12.1 Å². The van der Waals surface area contributed by atoms with Crippen LogP contribution in [0.25, 0.3) is 0 Å². The van der Waals surface area contributed by atoms with E-state index >= 15 is 0 Å². The van der Waals surface area contributed by atoms with Gasteiger partial charge in [0.05, 0.1) is 0 Å². The van der Waals surface area contributed by atoms with Crippen LogP contribution in [0.3, 0.4) is 0 Å². The van der Waals surface area contributed by atoms with Gasteiger partial charge in [-0.25, -0.2) is 4.39 Å². The van der Waals surface area contributed by atoms with Crippen molar-refractivity contribution in [3.05, 3.63) is 35.6 Å². The molecule has 0 bridgehead atoms. The summed E-state index contributed by atoms with van der Waals surface area (Å²) in [5.74, 6) is 0.482. The summed E-state index contributed by atoms with van der Waals surface area (Å²) in [5, 5.41) is 3.47. The molecule has 90 valence electrons. The Kier molecular flexibility index (Phi) is 5.47. The summed E-state index contributed by atoms with van der Waals surface area (Å²) in [6, 6.07) is 7.42. The van der Waals surface area contributed by atoms with Gasteiger partial charge in [-0.05, 0) is 43.0 Å². The molecule has 1 atom stereocenters. The number of halogens is 1. The van der Waals surface area contributed by atoms with E-state index in [2.05, 4.69) is 26.1 Å². The molecule has 0 aliphatic carbocycles. The van der Waals surface area contributed by atoms with Gasteiger partial charge >= 0.3 is 0 Å². The molecule has 0 saturated carbocycles. The van der Waals surface area contributed by atoms with Gasteiger partial charge in [-0.1, -0.05) is 32.9 Å². The number of hydrogen-bond acceptors (Lipinski definition) is 1. The van der Waals surface area contributed by atoms with Gasteiger partial charge in [0.25, 0.3) is 0 Å². The molecule has 1 unspecified atom stereocenters. The van der Waals surface area contributed by atoms with E-state index in [1.807, 2.05) is 6.07 Å². The minimum atomic E-state index is -0.137. The third-order valence-corrected chi connectivity index (χ3v) is 2.90. The molecule has 1 rings (SSSR count). The normalized spacial score (nSPS) is 13.1. The summed E-state index contributed by atoms with van der Waals surface area (Å²) >= 11 is 0. The fourth-order valence-electron chi connectivity index (χ4n) is 1.95. The lowest BCUT2D eigenvalue weighted by atomic mass is 9.96. The Bertz CT molecular complexity index is 309. The van der Waals surface area contributed by atoms with Crippen LogP contribution >= 0.6 is 0 Å². The average molecular weight is 223 g/mol. The van der Waals surface area contributed by atoms with E-state index in [1.165, 1.54) is 6.07 Å². The Balaban J connectivity index is 2.48. The molecule has 1 nitrogen and oxygen atoms in total. The number of hydrogen-bond donors (Lipinski definition) is 1.